The molecule has 1 saturated carbocycles. The van der Waals surface area contributed by atoms with E-state index in [1.54, 1.807) is 0 Å². The van der Waals surface area contributed by atoms with E-state index in [4.69, 9.17) is 0 Å². The van der Waals surface area contributed by atoms with Gasteiger partial charge in [-0.05, 0) is 12.8 Å². The van der Waals surface area contributed by atoms with Crippen LogP contribution in [-0.2, 0) is 0 Å². The molecule has 2 rings (SSSR count). The second kappa shape index (κ2) is 5.82. The van der Waals surface area contributed by atoms with Crippen molar-refractivity contribution in [2.45, 2.75) is 31.8 Å². The van der Waals surface area contributed by atoms with E-state index < -0.39 is 0 Å². The standard InChI is InChI=1S/C13H18N2O3/c16-11-4-2-1-3-9(11)7-15-13(18)10-8-14-6-5-12(10)17/h5-6,8-9,11,16H,1-4,7H2,(H,14,17)(H,15,18). The van der Waals surface area contributed by atoms with Crippen LogP contribution in [0.2, 0.25) is 0 Å². The molecule has 0 bridgehead atoms. The van der Waals surface area contributed by atoms with Gasteiger partial charge in [0.1, 0.15) is 5.56 Å². The van der Waals surface area contributed by atoms with Gasteiger partial charge in [-0.2, -0.15) is 0 Å². The van der Waals surface area contributed by atoms with Crippen LogP contribution in [-0.4, -0.2) is 28.6 Å². The predicted molar refractivity (Wildman–Crippen MR) is 67.4 cm³/mol. The summed E-state index contributed by atoms with van der Waals surface area (Å²) >= 11 is 0. The number of hydrogen-bond donors (Lipinski definition) is 3. The minimum Gasteiger partial charge on any atom is -0.393 e. The predicted octanol–water partition coefficient (Wildman–Crippen LogP) is 0.656. The zero-order valence-corrected chi connectivity index (χ0v) is 10.2. The summed E-state index contributed by atoms with van der Waals surface area (Å²) in [5, 5.41) is 12.5. The summed E-state index contributed by atoms with van der Waals surface area (Å²) < 4.78 is 0. The van der Waals surface area contributed by atoms with Crippen molar-refractivity contribution in [1.82, 2.24) is 10.3 Å². The van der Waals surface area contributed by atoms with Crippen molar-refractivity contribution >= 4 is 5.91 Å². The first kappa shape index (κ1) is 12.8. The Labute approximate surface area is 105 Å². The zero-order valence-electron chi connectivity index (χ0n) is 10.2. The Morgan fingerprint density at radius 3 is 2.94 bits per heavy atom. The minimum absolute atomic E-state index is 0.102. The van der Waals surface area contributed by atoms with E-state index in [0.29, 0.717) is 6.54 Å². The minimum atomic E-state index is -0.380. The first-order valence-electron chi connectivity index (χ1n) is 6.32. The maximum atomic E-state index is 11.8. The van der Waals surface area contributed by atoms with Crippen molar-refractivity contribution in [3.8, 4) is 0 Å². The number of amides is 1. The van der Waals surface area contributed by atoms with Gasteiger partial charge in [0.2, 0.25) is 0 Å². The number of carbonyl (C=O) groups is 1. The molecule has 1 amide bonds. The Hall–Kier alpha value is -1.62. The topological polar surface area (TPSA) is 82.2 Å². The molecule has 5 heteroatoms. The van der Waals surface area contributed by atoms with Crippen LogP contribution >= 0.6 is 0 Å². The lowest BCUT2D eigenvalue weighted by Crippen LogP contribution is -2.38. The molecule has 0 aromatic carbocycles. The molecule has 0 spiro atoms. The Morgan fingerprint density at radius 1 is 1.44 bits per heavy atom. The van der Waals surface area contributed by atoms with Crippen molar-refractivity contribution in [1.29, 1.82) is 0 Å². The monoisotopic (exact) mass is 250 g/mol. The van der Waals surface area contributed by atoms with Crippen LogP contribution in [0.1, 0.15) is 36.0 Å². The summed E-state index contributed by atoms with van der Waals surface area (Å²) in [5.74, 6) is -0.278. The second-order valence-electron chi connectivity index (χ2n) is 4.74. The Morgan fingerprint density at radius 2 is 2.22 bits per heavy atom. The second-order valence-corrected chi connectivity index (χ2v) is 4.74. The number of aromatic amines is 1. The number of carbonyl (C=O) groups excluding carboxylic acids is 1. The average molecular weight is 250 g/mol. The van der Waals surface area contributed by atoms with Crippen LogP contribution in [0.5, 0.6) is 0 Å². The van der Waals surface area contributed by atoms with Gasteiger partial charge in [-0.15, -0.1) is 0 Å². The molecule has 1 fully saturated rings. The molecule has 1 aliphatic carbocycles. The highest BCUT2D eigenvalue weighted by molar-refractivity contribution is 5.93. The van der Waals surface area contributed by atoms with Crippen LogP contribution < -0.4 is 10.7 Å². The maximum absolute atomic E-state index is 11.8. The number of rotatable bonds is 3. The molecule has 1 aromatic heterocycles. The lowest BCUT2D eigenvalue weighted by molar-refractivity contribution is 0.0662. The van der Waals surface area contributed by atoms with Gasteiger partial charge >= 0.3 is 0 Å². The molecule has 2 atom stereocenters. The largest absolute Gasteiger partial charge is 0.393 e. The van der Waals surface area contributed by atoms with Crippen LogP contribution in [0.25, 0.3) is 0 Å². The first-order chi connectivity index (χ1) is 8.68. The molecule has 1 aromatic rings. The Kier molecular flexibility index (Phi) is 4.15. The van der Waals surface area contributed by atoms with E-state index in [1.165, 1.54) is 18.5 Å². The van der Waals surface area contributed by atoms with E-state index in [2.05, 4.69) is 10.3 Å². The summed E-state index contributed by atoms with van der Waals surface area (Å²) in [6.07, 6.45) is 6.40. The fraction of sp³-hybridized carbons (Fsp3) is 0.538. The molecule has 0 saturated heterocycles. The number of aliphatic hydroxyl groups is 1. The molecule has 5 nitrogen and oxygen atoms in total. The molecule has 98 valence electrons. The van der Waals surface area contributed by atoms with E-state index >= 15 is 0 Å². The number of H-pyrrole nitrogens is 1. The van der Waals surface area contributed by atoms with Crippen molar-refractivity contribution in [3.63, 3.8) is 0 Å². The summed E-state index contributed by atoms with van der Waals surface area (Å²) in [6.45, 7) is 0.425. The van der Waals surface area contributed by atoms with Crippen molar-refractivity contribution < 1.29 is 9.90 Å². The molecular weight excluding hydrogens is 232 g/mol. The van der Waals surface area contributed by atoms with Gasteiger partial charge in [-0.25, -0.2) is 0 Å². The third-order valence-electron chi connectivity index (χ3n) is 3.46. The molecule has 3 N–H and O–H groups in total. The van der Waals surface area contributed by atoms with Crippen molar-refractivity contribution in [3.05, 3.63) is 34.2 Å². The average Bonchev–Trinajstić information content (AvgIpc) is 2.38. The van der Waals surface area contributed by atoms with Gasteiger partial charge in [-0.3, -0.25) is 9.59 Å². The lowest BCUT2D eigenvalue weighted by atomic mass is 9.86. The van der Waals surface area contributed by atoms with E-state index in [1.807, 2.05) is 0 Å². The molecular formula is C13H18N2O3. The van der Waals surface area contributed by atoms with E-state index in [-0.39, 0.29) is 28.9 Å². The number of aromatic nitrogens is 1. The number of nitrogens with one attached hydrogen (secondary N) is 2. The Bertz CT molecular complexity index is 469. The smallest absolute Gasteiger partial charge is 0.256 e. The van der Waals surface area contributed by atoms with Gasteiger partial charge in [-0.1, -0.05) is 12.8 Å². The number of pyridine rings is 1. The summed E-state index contributed by atoms with van der Waals surface area (Å²) in [4.78, 5) is 26.0. The molecule has 1 aliphatic rings. The lowest BCUT2D eigenvalue weighted by Gasteiger charge is -2.27. The normalized spacial score (nSPS) is 23.6. The SMILES string of the molecule is O=C(NCC1CCCCC1O)c1c[nH]ccc1=O. The quantitative estimate of drug-likeness (QED) is 0.737. The van der Waals surface area contributed by atoms with Crippen molar-refractivity contribution in [2.24, 2.45) is 5.92 Å². The molecule has 18 heavy (non-hydrogen) atoms. The fourth-order valence-electron chi connectivity index (χ4n) is 2.34. The van der Waals surface area contributed by atoms with Gasteiger partial charge in [0.05, 0.1) is 6.10 Å². The highest BCUT2D eigenvalue weighted by Gasteiger charge is 2.23. The first-order valence-corrected chi connectivity index (χ1v) is 6.32. The van der Waals surface area contributed by atoms with Crippen LogP contribution in [0.3, 0.4) is 0 Å². The molecule has 0 radical (unpaired) electrons. The third kappa shape index (κ3) is 2.98. The van der Waals surface area contributed by atoms with Gasteiger partial charge in [0.25, 0.3) is 5.91 Å². The highest BCUT2D eigenvalue weighted by atomic mass is 16.3. The third-order valence-corrected chi connectivity index (χ3v) is 3.46. The number of hydrogen-bond acceptors (Lipinski definition) is 3. The summed E-state index contributed by atoms with van der Waals surface area (Å²) in [6, 6.07) is 1.32. The molecule has 1 heterocycles. The van der Waals surface area contributed by atoms with Gasteiger partial charge in [0.15, 0.2) is 5.43 Å². The summed E-state index contributed by atoms with van der Waals surface area (Å²) in [7, 11) is 0. The van der Waals surface area contributed by atoms with Crippen molar-refractivity contribution in [2.75, 3.05) is 6.54 Å². The highest BCUT2D eigenvalue weighted by Crippen LogP contribution is 2.23. The Balaban J connectivity index is 1.92. The van der Waals surface area contributed by atoms with Crippen LogP contribution in [0.15, 0.2) is 23.3 Å². The zero-order chi connectivity index (χ0) is 13.0. The van der Waals surface area contributed by atoms with Crippen LogP contribution in [0.4, 0.5) is 0 Å². The van der Waals surface area contributed by atoms with Crippen LogP contribution in [0, 0.1) is 5.92 Å². The fourth-order valence-corrected chi connectivity index (χ4v) is 2.34. The molecule has 0 aliphatic heterocycles. The summed E-state index contributed by atoms with van der Waals surface area (Å²) in [5.41, 5.74) is -0.182. The number of aliphatic hydroxyl groups excluding tert-OH is 1. The van der Waals surface area contributed by atoms with Gasteiger partial charge < -0.3 is 15.4 Å². The van der Waals surface area contributed by atoms with Gasteiger partial charge in [0, 0.05) is 30.9 Å². The maximum Gasteiger partial charge on any atom is 0.256 e. The molecule has 2 unspecified atom stereocenters. The van der Waals surface area contributed by atoms with E-state index in [9.17, 15) is 14.7 Å². The van der Waals surface area contributed by atoms with E-state index in [0.717, 1.165) is 25.7 Å².